The maximum absolute atomic E-state index is 12.4. The number of carbonyl (C=O) groups is 2. The highest BCUT2D eigenvalue weighted by molar-refractivity contribution is 5.94. The van der Waals surface area contributed by atoms with Gasteiger partial charge in [-0.05, 0) is 44.9 Å². The normalized spacial score (nSPS) is 16.8. The summed E-state index contributed by atoms with van der Waals surface area (Å²) >= 11 is 0. The molecule has 6 nitrogen and oxygen atoms in total. The number of furan rings is 1. The summed E-state index contributed by atoms with van der Waals surface area (Å²) in [6, 6.07) is 11.1. The van der Waals surface area contributed by atoms with Crippen molar-refractivity contribution < 1.29 is 14.0 Å². The Balaban J connectivity index is 1.47. The topological polar surface area (TPSA) is 74.6 Å². The van der Waals surface area contributed by atoms with Crippen LogP contribution in [0.5, 0.6) is 0 Å². The van der Waals surface area contributed by atoms with E-state index in [1.807, 2.05) is 44.2 Å². The maximum atomic E-state index is 12.4. The van der Waals surface area contributed by atoms with Crippen molar-refractivity contribution in [2.24, 2.45) is 0 Å². The van der Waals surface area contributed by atoms with E-state index in [0.29, 0.717) is 5.76 Å². The van der Waals surface area contributed by atoms with Crippen molar-refractivity contribution in [1.29, 1.82) is 0 Å². The molecular weight excluding hydrogens is 330 g/mol. The lowest BCUT2D eigenvalue weighted by molar-refractivity contribution is -0.121. The van der Waals surface area contributed by atoms with Gasteiger partial charge in [0.25, 0.3) is 5.91 Å². The van der Waals surface area contributed by atoms with Gasteiger partial charge < -0.3 is 15.1 Å². The van der Waals surface area contributed by atoms with Gasteiger partial charge in [0, 0.05) is 30.4 Å². The molecule has 0 aliphatic carbocycles. The number of nitrogens with one attached hydrogen (secondary N) is 2. The van der Waals surface area contributed by atoms with E-state index in [4.69, 9.17) is 4.42 Å². The van der Waals surface area contributed by atoms with Gasteiger partial charge in [-0.15, -0.1) is 0 Å². The molecule has 2 aromatic rings. The zero-order valence-electron chi connectivity index (χ0n) is 15.2. The Bertz CT molecular complexity index is 749. The molecule has 1 saturated heterocycles. The van der Waals surface area contributed by atoms with E-state index in [2.05, 4.69) is 15.5 Å². The summed E-state index contributed by atoms with van der Waals surface area (Å²) in [5.74, 6) is 0.203. The van der Waals surface area contributed by atoms with Gasteiger partial charge in [-0.1, -0.05) is 18.2 Å². The van der Waals surface area contributed by atoms with E-state index in [-0.39, 0.29) is 23.9 Å². The predicted octanol–water partition coefficient (Wildman–Crippen LogP) is 2.81. The highest BCUT2D eigenvalue weighted by Gasteiger charge is 2.28. The molecule has 138 valence electrons. The molecule has 3 rings (SSSR count). The molecule has 1 atom stereocenters. The minimum atomic E-state index is -0.209. The summed E-state index contributed by atoms with van der Waals surface area (Å²) in [7, 11) is 0. The predicted molar refractivity (Wildman–Crippen MR) is 100 cm³/mol. The second-order valence-corrected chi connectivity index (χ2v) is 6.75. The van der Waals surface area contributed by atoms with Crippen LogP contribution < -0.4 is 10.6 Å². The summed E-state index contributed by atoms with van der Waals surface area (Å²) in [5, 5.41) is 5.98. The van der Waals surface area contributed by atoms with Crippen molar-refractivity contribution in [2.75, 3.05) is 18.4 Å². The number of carbonyl (C=O) groups excluding carboxylic acids is 2. The van der Waals surface area contributed by atoms with Gasteiger partial charge in [-0.25, -0.2) is 0 Å². The summed E-state index contributed by atoms with van der Waals surface area (Å²) in [5.41, 5.74) is 1.64. The Hall–Kier alpha value is -2.60. The first-order valence-corrected chi connectivity index (χ1v) is 8.99. The Morgan fingerprint density at radius 1 is 1.15 bits per heavy atom. The van der Waals surface area contributed by atoms with Crippen molar-refractivity contribution in [3.05, 3.63) is 54.0 Å². The smallest absolute Gasteiger partial charge is 0.287 e. The third kappa shape index (κ3) is 4.32. The van der Waals surface area contributed by atoms with E-state index in [1.54, 1.807) is 6.07 Å². The number of benzene rings is 1. The van der Waals surface area contributed by atoms with Gasteiger partial charge in [-0.3, -0.25) is 14.5 Å². The number of anilines is 1. The molecule has 26 heavy (non-hydrogen) atoms. The van der Waals surface area contributed by atoms with Crippen molar-refractivity contribution in [3.63, 3.8) is 0 Å². The summed E-state index contributed by atoms with van der Waals surface area (Å²) in [6.07, 6.45) is 3.16. The first-order chi connectivity index (χ1) is 12.5. The molecule has 1 aliphatic heterocycles. The molecule has 1 aliphatic rings. The lowest BCUT2D eigenvalue weighted by Gasteiger charge is -2.35. The zero-order valence-corrected chi connectivity index (χ0v) is 15.2. The van der Waals surface area contributed by atoms with Crippen LogP contribution in [0, 0.1) is 6.92 Å². The van der Waals surface area contributed by atoms with Gasteiger partial charge >= 0.3 is 0 Å². The van der Waals surface area contributed by atoms with Crippen LogP contribution in [0.3, 0.4) is 0 Å². The molecular formula is C20H25N3O3. The van der Waals surface area contributed by atoms with Gasteiger partial charge in [-0.2, -0.15) is 0 Å². The lowest BCUT2D eigenvalue weighted by Crippen LogP contribution is -2.50. The highest BCUT2D eigenvalue weighted by Crippen LogP contribution is 2.16. The van der Waals surface area contributed by atoms with Crippen LogP contribution in [0.25, 0.3) is 0 Å². The summed E-state index contributed by atoms with van der Waals surface area (Å²) in [4.78, 5) is 26.8. The van der Waals surface area contributed by atoms with Crippen molar-refractivity contribution >= 4 is 17.5 Å². The minimum Gasteiger partial charge on any atom is -0.459 e. The summed E-state index contributed by atoms with van der Waals surface area (Å²) in [6.45, 7) is 5.31. The second kappa shape index (κ2) is 8.19. The van der Waals surface area contributed by atoms with E-state index < -0.39 is 0 Å². The number of piperidine rings is 1. The van der Waals surface area contributed by atoms with Gasteiger partial charge in [0.2, 0.25) is 5.91 Å². The van der Waals surface area contributed by atoms with Crippen LogP contribution in [-0.2, 0) is 4.79 Å². The molecule has 1 fully saturated rings. The molecule has 0 spiro atoms. The number of nitrogens with zero attached hydrogens (tertiary/aromatic N) is 1. The molecule has 2 N–H and O–H groups in total. The number of hydrogen-bond acceptors (Lipinski definition) is 4. The molecule has 2 heterocycles. The second-order valence-electron chi connectivity index (χ2n) is 6.75. The Morgan fingerprint density at radius 2 is 1.85 bits per heavy atom. The van der Waals surface area contributed by atoms with Crippen molar-refractivity contribution in [3.8, 4) is 0 Å². The first-order valence-electron chi connectivity index (χ1n) is 8.99. The Labute approximate surface area is 153 Å². The SMILES string of the molecule is Cc1ccoc1C(=O)NC1CCN(C(C)C(=O)Nc2ccccc2)CC1. The fraction of sp³-hybridized carbons (Fsp3) is 0.400. The van der Waals surface area contributed by atoms with Crippen molar-refractivity contribution in [1.82, 2.24) is 10.2 Å². The lowest BCUT2D eigenvalue weighted by atomic mass is 10.0. The number of aryl methyl sites for hydroxylation is 1. The molecule has 0 bridgehead atoms. The largest absolute Gasteiger partial charge is 0.459 e. The molecule has 1 aromatic heterocycles. The molecule has 1 unspecified atom stereocenters. The Kier molecular flexibility index (Phi) is 5.73. The molecule has 0 radical (unpaired) electrons. The molecule has 0 saturated carbocycles. The van der Waals surface area contributed by atoms with E-state index in [9.17, 15) is 9.59 Å². The molecule has 6 heteroatoms. The van der Waals surface area contributed by atoms with Gasteiger partial charge in [0.1, 0.15) is 0 Å². The minimum absolute atomic E-state index is 0.00936. The standard InChI is InChI=1S/C20H25N3O3/c1-14-10-13-26-18(14)20(25)22-17-8-11-23(12-9-17)15(2)19(24)21-16-6-4-3-5-7-16/h3-7,10,13,15,17H,8-9,11-12H2,1-2H3,(H,21,24)(H,22,25). The number of para-hydroxylation sites is 1. The zero-order chi connectivity index (χ0) is 18.5. The highest BCUT2D eigenvalue weighted by atomic mass is 16.3. The van der Waals surface area contributed by atoms with Crippen molar-refractivity contribution in [2.45, 2.75) is 38.8 Å². The average Bonchev–Trinajstić information content (AvgIpc) is 3.08. The third-order valence-electron chi connectivity index (χ3n) is 4.90. The van der Waals surface area contributed by atoms with E-state index in [1.165, 1.54) is 6.26 Å². The monoisotopic (exact) mass is 355 g/mol. The van der Waals surface area contributed by atoms with Crippen LogP contribution in [0.4, 0.5) is 5.69 Å². The van der Waals surface area contributed by atoms with Crippen LogP contribution in [0.15, 0.2) is 47.1 Å². The van der Waals surface area contributed by atoms with Crippen LogP contribution in [-0.4, -0.2) is 41.9 Å². The number of likely N-dealkylation sites (tertiary alicyclic amines) is 1. The first kappa shape index (κ1) is 18.2. The van der Waals surface area contributed by atoms with Crippen LogP contribution >= 0.6 is 0 Å². The van der Waals surface area contributed by atoms with E-state index >= 15 is 0 Å². The summed E-state index contributed by atoms with van der Waals surface area (Å²) < 4.78 is 5.24. The van der Waals surface area contributed by atoms with E-state index in [0.717, 1.165) is 37.2 Å². The Morgan fingerprint density at radius 3 is 2.46 bits per heavy atom. The number of hydrogen-bond donors (Lipinski definition) is 2. The fourth-order valence-electron chi connectivity index (χ4n) is 3.22. The van der Waals surface area contributed by atoms with Gasteiger partial charge in [0.15, 0.2) is 5.76 Å². The number of amides is 2. The maximum Gasteiger partial charge on any atom is 0.287 e. The van der Waals surface area contributed by atoms with Gasteiger partial charge in [0.05, 0.1) is 12.3 Å². The van der Waals surface area contributed by atoms with Crippen LogP contribution in [0.2, 0.25) is 0 Å². The quantitative estimate of drug-likeness (QED) is 0.865. The fourth-order valence-corrected chi connectivity index (χ4v) is 3.22. The molecule has 1 aromatic carbocycles. The molecule has 2 amide bonds. The third-order valence-corrected chi connectivity index (χ3v) is 4.90. The average molecular weight is 355 g/mol. The number of rotatable bonds is 5. The van der Waals surface area contributed by atoms with Crippen LogP contribution in [0.1, 0.15) is 35.9 Å².